The van der Waals surface area contributed by atoms with Crippen molar-refractivity contribution in [2.75, 3.05) is 0 Å². The summed E-state index contributed by atoms with van der Waals surface area (Å²) in [7, 11) is 0. The lowest BCUT2D eigenvalue weighted by Crippen LogP contribution is -2.51. The van der Waals surface area contributed by atoms with Crippen LogP contribution < -0.4 is 5.73 Å². The molecule has 2 rings (SSSR count). The predicted octanol–water partition coefficient (Wildman–Crippen LogP) is 3.68. The van der Waals surface area contributed by atoms with Crippen molar-refractivity contribution in [3.63, 3.8) is 0 Å². The fraction of sp³-hybridized carbons (Fsp3) is 0.562. The number of carbonyl (C=O) groups excluding carboxylic acids is 1. The average Bonchev–Trinajstić information content (AvgIpc) is 2.47. The molecule has 0 unspecified atom stereocenters. The summed E-state index contributed by atoms with van der Waals surface area (Å²) >= 11 is 5.82. The summed E-state index contributed by atoms with van der Waals surface area (Å²) in [6.07, 6.45) is 4.65. The Morgan fingerprint density at radius 2 is 1.95 bits per heavy atom. The molecule has 0 atom stereocenters. The second kappa shape index (κ2) is 6.59. The summed E-state index contributed by atoms with van der Waals surface area (Å²) in [5, 5.41) is 0.674. The van der Waals surface area contributed by atoms with Crippen molar-refractivity contribution in [2.45, 2.75) is 51.2 Å². The van der Waals surface area contributed by atoms with Gasteiger partial charge in [-0.1, -0.05) is 37.1 Å². The Balaban J connectivity index is 1.87. The van der Waals surface area contributed by atoms with Crippen molar-refractivity contribution in [3.05, 3.63) is 34.9 Å². The zero-order chi connectivity index (χ0) is 14.6. The van der Waals surface area contributed by atoms with Crippen LogP contribution in [0, 0.1) is 5.92 Å². The third kappa shape index (κ3) is 3.74. The van der Waals surface area contributed by atoms with Crippen LogP contribution in [0.1, 0.15) is 44.6 Å². The molecule has 0 aromatic heterocycles. The molecule has 1 aromatic carbocycles. The largest absolute Gasteiger partial charge is 0.459 e. The highest BCUT2D eigenvalue weighted by molar-refractivity contribution is 6.30. The number of nitrogens with two attached hydrogens (primary N) is 1. The Kier molecular flexibility index (Phi) is 5.06. The van der Waals surface area contributed by atoms with E-state index in [0.29, 0.717) is 10.9 Å². The van der Waals surface area contributed by atoms with E-state index in [1.54, 1.807) is 12.1 Å². The van der Waals surface area contributed by atoms with Gasteiger partial charge < -0.3 is 10.5 Å². The van der Waals surface area contributed by atoms with Gasteiger partial charge in [-0.15, -0.1) is 0 Å². The van der Waals surface area contributed by atoms with Crippen molar-refractivity contribution in [1.29, 1.82) is 0 Å². The number of esters is 1. The molecule has 1 aromatic rings. The van der Waals surface area contributed by atoms with E-state index in [2.05, 4.69) is 6.92 Å². The molecule has 4 heteroatoms. The van der Waals surface area contributed by atoms with Gasteiger partial charge in [-0.3, -0.25) is 4.79 Å². The Morgan fingerprint density at radius 1 is 1.35 bits per heavy atom. The Morgan fingerprint density at radius 3 is 2.50 bits per heavy atom. The van der Waals surface area contributed by atoms with Crippen LogP contribution in [0.5, 0.6) is 0 Å². The van der Waals surface area contributed by atoms with Gasteiger partial charge in [0.1, 0.15) is 12.1 Å². The van der Waals surface area contributed by atoms with Gasteiger partial charge >= 0.3 is 5.97 Å². The van der Waals surface area contributed by atoms with E-state index in [0.717, 1.165) is 37.7 Å². The molecule has 0 aliphatic heterocycles. The van der Waals surface area contributed by atoms with E-state index in [-0.39, 0.29) is 12.6 Å². The zero-order valence-corrected chi connectivity index (χ0v) is 12.7. The minimum absolute atomic E-state index is 0.256. The summed E-state index contributed by atoms with van der Waals surface area (Å²) in [5.41, 5.74) is 6.34. The van der Waals surface area contributed by atoms with Gasteiger partial charge in [-0.25, -0.2) is 0 Å². The number of hydrogen-bond donors (Lipinski definition) is 1. The Hall–Kier alpha value is -1.06. The van der Waals surface area contributed by atoms with Gasteiger partial charge in [0.2, 0.25) is 0 Å². The fourth-order valence-electron chi connectivity index (χ4n) is 2.68. The van der Waals surface area contributed by atoms with Crippen LogP contribution in [0.25, 0.3) is 0 Å². The molecule has 0 radical (unpaired) electrons. The summed E-state index contributed by atoms with van der Waals surface area (Å²) in [4.78, 5) is 12.2. The maximum absolute atomic E-state index is 12.2. The summed E-state index contributed by atoms with van der Waals surface area (Å²) in [5.74, 6) is 0.428. The molecule has 1 aliphatic carbocycles. The SMILES string of the molecule is CCC1CCC(N)(C(=O)OCc2ccc(Cl)cc2)CC1. The highest BCUT2D eigenvalue weighted by Crippen LogP contribution is 2.33. The first-order valence-corrected chi connectivity index (χ1v) is 7.62. The zero-order valence-electron chi connectivity index (χ0n) is 11.9. The molecule has 1 fully saturated rings. The molecule has 0 spiro atoms. The summed E-state index contributed by atoms with van der Waals surface area (Å²) < 4.78 is 5.37. The lowest BCUT2D eigenvalue weighted by atomic mass is 9.76. The van der Waals surface area contributed by atoms with Crippen LogP contribution in [0.4, 0.5) is 0 Å². The van der Waals surface area contributed by atoms with Crippen LogP contribution in [0.15, 0.2) is 24.3 Å². The second-order valence-corrected chi connectivity index (χ2v) is 6.15. The van der Waals surface area contributed by atoms with Crippen LogP contribution in [-0.4, -0.2) is 11.5 Å². The van der Waals surface area contributed by atoms with E-state index in [1.165, 1.54) is 0 Å². The number of hydrogen-bond acceptors (Lipinski definition) is 3. The third-order valence-corrected chi connectivity index (χ3v) is 4.52. The third-order valence-electron chi connectivity index (χ3n) is 4.26. The highest BCUT2D eigenvalue weighted by atomic mass is 35.5. The van der Waals surface area contributed by atoms with Crippen LogP contribution in [-0.2, 0) is 16.1 Å². The topological polar surface area (TPSA) is 52.3 Å². The number of benzene rings is 1. The second-order valence-electron chi connectivity index (χ2n) is 5.71. The molecule has 0 saturated heterocycles. The molecule has 3 nitrogen and oxygen atoms in total. The predicted molar refractivity (Wildman–Crippen MR) is 80.4 cm³/mol. The van der Waals surface area contributed by atoms with Gasteiger partial charge in [0.25, 0.3) is 0 Å². The molecule has 0 bridgehead atoms. The molecule has 110 valence electrons. The van der Waals surface area contributed by atoms with Crippen molar-refractivity contribution in [1.82, 2.24) is 0 Å². The van der Waals surface area contributed by atoms with Gasteiger partial charge in [0, 0.05) is 5.02 Å². The lowest BCUT2D eigenvalue weighted by Gasteiger charge is -2.34. The first kappa shape index (κ1) is 15.3. The standard InChI is InChI=1S/C16H22ClNO2/c1-2-12-7-9-16(18,10-8-12)15(19)20-11-13-3-5-14(17)6-4-13/h3-6,12H,2,7-11,18H2,1H3. The van der Waals surface area contributed by atoms with E-state index in [9.17, 15) is 4.79 Å². The summed E-state index contributed by atoms with van der Waals surface area (Å²) in [6.45, 7) is 2.44. The van der Waals surface area contributed by atoms with E-state index in [1.807, 2.05) is 12.1 Å². The van der Waals surface area contributed by atoms with Crippen molar-refractivity contribution >= 4 is 17.6 Å². The van der Waals surface area contributed by atoms with Crippen molar-refractivity contribution < 1.29 is 9.53 Å². The van der Waals surface area contributed by atoms with Crippen LogP contribution in [0.3, 0.4) is 0 Å². The Bertz CT molecular complexity index is 450. The molecular weight excluding hydrogens is 274 g/mol. The maximum Gasteiger partial charge on any atom is 0.326 e. The van der Waals surface area contributed by atoms with Gasteiger partial charge in [0.05, 0.1) is 0 Å². The molecule has 1 aliphatic rings. The smallest absolute Gasteiger partial charge is 0.326 e. The fourth-order valence-corrected chi connectivity index (χ4v) is 2.80. The molecule has 20 heavy (non-hydrogen) atoms. The first-order valence-electron chi connectivity index (χ1n) is 7.24. The molecule has 1 saturated carbocycles. The lowest BCUT2D eigenvalue weighted by molar-refractivity contribution is -0.153. The van der Waals surface area contributed by atoms with Crippen molar-refractivity contribution in [2.24, 2.45) is 11.7 Å². The van der Waals surface area contributed by atoms with Crippen LogP contribution >= 0.6 is 11.6 Å². The molecule has 0 heterocycles. The Labute approximate surface area is 125 Å². The van der Waals surface area contributed by atoms with E-state index in [4.69, 9.17) is 22.1 Å². The number of ether oxygens (including phenoxy) is 1. The quantitative estimate of drug-likeness (QED) is 0.862. The van der Waals surface area contributed by atoms with E-state index >= 15 is 0 Å². The highest BCUT2D eigenvalue weighted by Gasteiger charge is 2.39. The first-order chi connectivity index (χ1) is 9.53. The monoisotopic (exact) mass is 295 g/mol. The minimum atomic E-state index is -0.794. The minimum Gasteiger partial charge on any atom is -0.459 e. The number of halogens is 1. The number of carbonyl (C=O) groups is 1. The molecule has 2 N–H and O–H groups in total. The van der Waals surface area contributed by atoms with Gasteiger partial charge in [-0.2, -0.15) is 0 Å². The normalized spacial score (nSPS) is 26.2. The molecule has 0 amide bonds. The summed E-state index contributed by atoms with van der Waals surface area (Å²) in [6, 6.07) is 7.28. The van der Waals surface area contributed by atoms with Crippen LogP contribution in [0.2, 0.25) is 5.02 Å². The van der Waals surface area contributed by atoms with E-state index < -0.39 is 5.54 Å². The number of rotatable bonds is 4. The van der Waals surface area contributed by atoms with Crippen molar-refractivity contribution in [3.8, 4) is 0 Å². The van der Waals surface area contributed by atoms with Gasteiger partial charge in [-0.05, 0) is 49.3 Å². The van der Waals surface area contributed by atoms with Gasteiger partial charge in [0.15, 0.2) is 0 Å². The average molecular weight is 296 g/mol. The molecular formula is C16H22ClNO2. The maximum atomic E-state index is 12.2.